The molecular weight excluding hydrogens is 328 g/mol. The Morgan fingerprint density at radius 3 is 1.41 bits per heavy atom. The maximum Gasteiger partial charge on any atom is 0.136 e. The van der Waals surface area contributed by atoms with Gasteiger partial charge in [0.25, 0.3) is 0 Å². The van der Waals surface area contributed by atoms with Crippen LogP contribution in [0.5, 0.6) is 0 Å². The van der Waals surface area contributed by atoms with Gasteiger partial charge in [-0.2, -0.15) is 0 Å². The summed E-state index contributed by atoms with van der Waals surface area (Å²) >= 11 is 0. The molecule has 0 heterocycles. The maximum atomic E-state index is 12.6. The highest BCUT2D eigenvalue weighted by molar-refractivity contribution is 5.82. The van der Waals surface area contributed by atoms with Crippen LogP contribution in [0.3, 0.4) is 0 Å². The van der Waals surface area contributed by atoms with Crippen molar-refractivity contribution in [1.29, 1.82) is 0 Å². The fourth-order valence-electron chi connectivity index (χ4n) is 4.07. The average molecular weight is 379 g/mol. The van der Waals surface area contributed by atoms with Gasteiger partial charge in [-0.15, -0.1) is 0 Å². The number of hydrogen-bond acceptors (Lipinski definition) is 1. The molecule has 0 aliphatic carbocycles. The summed E-state index contributed by atoms with van der Waals surface area (Å²) in [5, 5.41) is 0. The highest BCUT2D eigenvalue weighted by Crippen LogP contribution is 2.37. The Morgan fingerprint density at radius 1 is 0.630 bits per heavy atom. The summed E-state index contributed by atoms with van der Waals surface area (Å²) in [6.45, 7) is 10.7. The van der Waals surface area contributed by atoms with Gasteiger partial charge in [-0.1, -0.05) is 115 Å². The third-order valence-electron chi connectivity index (χ3n) is 6.17. The SMILES string of the molecule is CCCCCCCCCCCCCC(CC=C(C)C)(CCCCC)C(C)=O. The van der Waals surface area contributed by atoms with E-state index in [1.807, 2.05) is 6.92 Å². The van der Waals surface area contributed by atoms with Crippen molar-refractivity contribution < 1.29 is 4.79 Å². The van der Waals surface area contributed by atoms with E-state index >= 15 is 0 Å². The molecule has 0 bridgehead atoms. The lowest BCUT2D eigenvalue weighted by Gasteiger charge is -2.31. The van der Waals surface area contributed by atoms with Crippen LogP contribution in [0.2, 0.25) is 0 Å². The van der Waals surface area contributed by atoms with E-state index in [1.165, 1.54) is 95.5 Å². The predicted molar refractivity (Wildman–Crippen MR) is 122 cm³/mol. The van der Waals surface area contributed by atoms with Crippen molar-refractivity contribution in [1.82, 2.24) is 0 Å². The first-order chi connectivity index (χ1) is 13.0. The van der Waals surface area contributed by atoms with Crippen LogP contribution in [0.1, 0.15) is 144 Å². The second-order valence-electron chi connectivity index (χ2n) is 9.06. The van der Waals surface area contributed by atoms with E-state index < -0.39 is 0 Å². The summed E-state index contributed by atoms with van der Waals surface area (Å²) in [6.07, 6.45) is 24.2. The number of rotatable bonds is 19. The molecule has 1 heteroatoms. The van der Waals surface area contributed by atoms with Crippen LogP contribution < -0.4 is 0 Å². The molecule has 160 valence electrons. The van der Waals surface area contributed by atoms with Crippen LogP contribution in [0.4, 0.5) is 0 Å². The van der Waals surface area contributed by atoms with Crippen LogP contribution in [-0.2, 0) is 4.79 Å². The van der Waals surface area contributed by atoms with Crippen molar-refractivity contribution in [2.75, 3.05) is 0 Å². The molecule has 1 unspecified atom stereocenters. The molecule has 0 saturated carbocycles. The van der Waals surface area contributed by atoms with Gasteiger partial charge in [0.15, 0.2) is 0 Å². The molecule has 0 aromatic carbocycles. The van der Waals surface area contributed by atoms with Gasteiger partial charge in [0, 0.05) is 5.41 Å². The van der Waals surface area contributed by atoms with Crippen molar-refractivity contribution in [3.63, 3.8) is 0 Å². The zero-order valence-corrected chi connectivity index (χ0v) is 19.5. The lowest BCUT2D eigenvalue weighted by molar-refractivity contribution is -0.127. The molecule has 0 N–H and O–H groups in total. The number of carbonyl (C=O) groups excluding carboxylic acids is 1. The zero-order valence-electron chi connectivity index (χ0n) is 19.5. The number of allylic oxidation sites excluding steroid dienone is 2. The largest absolute Gasteiger partial charge is 0.299 e. The third kappa shape index (κ3) is 14.1. The number of ketones is 1. The summed E-state index contributed by atoms with van der Waals surface area (Å²) < 4.78 is 0. The van der Waals surface area contributed by atoms with Crippen LogP contribution in [0.15, 0.2) is 11.6 Å². The Balaban J connectivity index is 4.16. The maximum absolute atomic E-state index is 12.6. The second-order valence-corrected chi connectivity index (χ2v) is 9.06. The van der Waals surface area contributed by atoms with E-state index in [9.17, 15) is 4.79 Å². The highest BCUT2D eigenvalue weighted by Gasteiger charge is 2.32. The number of carbonyl (C=O) groups is 1. The Kier molecular flexibility index (Phi) is 17.1. The Hall–Kier alpha value is -0.590. The van der Waals surface area contributed by atoms with E-state index in [0.717, 1.165) is 19.3 Å². The minimum atomic E-state index is -0.0915. The van der Waals surface area contributed by atoms with E-state index in [0.29, 0.717) is 5.78 Å². The molecule has 0 radical (unpaired) electrons. The Bertz CT molecular complexity index is 378. The fraction of sp³-hybridized carbons (Fsp3) is 0.885. The molecule has 1 nitrogen and oxygen atoms in total. The van der Waals surface area contributed by atoms with Crippen LogP contribution in [0, 0.1) is 5.41 Å². The topological polar surface area (TPSA) is 17.1 Å². The van der Waals surface area contributed by atoms with Gasteiger partial charge in [-0.3, -0.25) is 4.79 Å². The average Bonchev–Trinajstić information content (AvgIpc) is 2.63. The monoisotopic (exact) mass is 378 g/mol. The van der Waals surface area contributed by atoms with Crippen LogP contribution in [-0.4, -0.2) is 5.78 Å². The van der Waals surface area contributed by atoms with Crippen LogP contribution in [0.25, 0.3) is 0 Å². The van der Waals surface area contributed by atoms with Crippen LogP contribution >= 0.6 is 0 Å². The molecule has 0 saturated heterocycles. The van der Waals surface area contributed by atoms with E-state index in [4.69, 9.17) is 0 Å². The summed E-state index contributed by atoms with van der Waals surface area (Å²) in [6, 6.07) is 0. The molecular formula is C26H50O. The Morgan fingerprint density at radius 2 is 1.00 bits per heavy atom. The highest BCUT2D eigenvalue weighted by atomic mass is 16.1. The lowest BCUT2D eigenvalue weighted by Crippen LogP contribution is -2.29. The second kappa shape index (κ2) is 17.5. The van der Waals surface area contributed by atoms with Gasteiger partial charge in [-0.05, 0) is 40.0 Å². The van der Waals surface area contributed by atoms with Crippen molar-refractivity contribution in [3.05, 3.63) is 11.6 Å². The smallest absolute Gasteiger partial charge is 0.136 e. The Labute approximate surface area is 171 Å². The standard InChI is InChI=1S/C26H50O/c1-6-8-10-11-12-13-14-15-16-17-19-22-26(25(5)27,21-18-9-7-2)23-20-24(3)4/h20H,6-19,21-23H2,1-5H3. The first-order valence-electron chi connectivity index (χ1n) is 12.1. The fourth-order valence-corrected chi connectivity index (χ4v) is 4.07. The number of hydrogen-bond donors (Lipinski definition) is 0. The zero-order chi connectivity index (χ0) is 20.4. The van der Waals surface area contributed by atoms with Gasteiger partial charge in [0.1, 0.15) is 5.78 Å². The van der Waals surface area contributed by atoms with Crippen molar-refractivity contribution in [2.24, 2.45) is 5.41 Å². The van der Waals surface area contributed by atoms with Gasteiger partial charge < -0.3 is 0 Å². The van der Waals surface area contributed by atoms with Crippen molar-refractivity contribution in [2.45, 2.75) is 144 Å². The number of unbranched alkanes of at least 4 members (excludes halogenated alkanes) is 12. The van der Waals surface area contributed by atoms with E-state index in [1.54, 1.807) is 0 Å². The third-order valence-corrected chi connectivity index (χ3v) is 6.17. The molecule has 27 heavy (non-hydrogen) atoms. The summed E-state index contributed by atoms with van der Waals surface area (Å²) in [5.41, 5.74) is 1.25. The summed E-state index contributed by atoms with van der Waals surface area (Å²) in [7, 11) is 0. The molecule has 0 amide bonds. The summed E-state index contributed by atoms with van der Waals surface area (Å²) in [4.78, 5) is 12.6. The molecule has 0 aromatic rings. The van der Waals surface area contributed by atoms with Gasteiger partial charge in [-0.25, -0.2) is 0 Å². The van der Waals surface area contributed by atoms with Gasteiger partial charge >= 0.3 is 0 Å². The predicted octanol–water partition coefficient (Wildman–Crippen LogP) is 9.20. The van der Waals surface area contributed by atoms with Gasteiger partial charge in [0.2, 0.25) is 0 Å². The molecule has 0 fully saturated rings. The molecule has 0 spiro atoms. The minimum Gasteiger partial charge on any atom is -0.299 e. The normalized spacial score (nSPS) is 13.4. The molecule has 0 aliphatic rings. The van der Waals surface area contributed by atoms with E-state index in [2.05, 4.69) is 33.8 Å². The minimum absolute atomic E-state index is 0.0915. The van der Waals surface area contributed by atoms with E-state index in [-0.39, 0.29) is 5.41 Å². The molecule has 0 aromatic heterocycles. The molecule has 0 rings (SSSR count). The first-order valence-corrected chi connectivity index (χ1v) is 12.1. The van der Waals surface area contributed by atoms with Gasteiger partial charge in [0.05, 0.1) is 0 Å². The number of Topliss-reactive ketones (excluding diaryl/α,β-unsaturated/α-hetero) is 1. The first kappa shape index (κ1) is 26.4. The molecule has 1 atom stereocenters. The lowest BCUT2D eigenvalue weighted by atomic mass is 9.72. The van der Waals surface area contributed by atoms with Crippen molar-refractivity contribution in [3.8, 4) is 0 Å². The quantitative estimate of drug-likeness (QED) is 0.162. The molecule has 0 aliphatic heterocycles. The summed E-state index contributed by atoms with van der Waals surface area (Å²) in [5.74, 6) is 0.420. The van der Waals surface area contributed by atoms with Crippen molar-refractivity contribution >= 4 is 5.78 Å².